The molecule has 0 aliphatic rings. The average molecular weight is 106 g/mol. The highest BCUT2D eigenvalue weighted by Gasteiger charge is 1.81. The first-order chi connectivity index (χ1) is 2.77. The lowest BCUT2D eigenvalue weighted by atomic mass is 10.8. The molecule has 0 aliphatic heterocycles. The molecule has 0 rings (SSSR count). The molecule has 0 unspecified atom stereocenters. The van der Waals surface area contributed by atoms with E-state index in [1.54, 1.807) is 0 Å². The van der Waals surface area contributed by atoms with Crippen LogP contribution in [0.5, 0.6) is 0 Å². The van der Waals surface area contributed by atoms with Crippen molar-refractivity contribution >= 4 is 5.97 Å². The molecule has 44 valence electrons. The maximum atomic E-state index is 9.76. The van der Waals surface area contributed by atoms with E-state index in [4.69, 9.17) is 0 Å². The maximum absolute atomic E-state index is 9.76. The fourth-order valence-electron chi connectivity index (χ4n) is 0.144. The minimum atomic E-state index is -0.322. The normalized spacial score (nSPS) is 6.57. The van der Waals surface area contributed by atoms with Crippen LogP contribution in [-0.2, 0) is 9.63 Å². The Morgan fingerprint density at radius 3 is 2.14 bits per heavy atom. The van der Waals surface area contributed by atoms with E-state index in [-0.39, 0.29) is 12.1 Å². The van der Waals surface area contributed by atoms with Gasteiger partial charge in [-0.05, 0) is 0 Å². The fraction of sp³-hybridized carbons (Fsp3) is 0.667. The zero-order valence-electron chi connectivity index (χ0n) is 4.52. The first-order valence-electron chi connectivity index (χ1n) is 1.61. The smallest absolute Gasteiger partial charge is 0.321 e. The SMILES string of the molecule is CNOC(C)=O.N. The second-order valence-electron chi connectivity index (χ2n) is 0.798. The third-order valence-electron chi connectivity index (χ3n) is 0.246. The van der Waals surface area contributed by atoms with Crippen LogP contribution in [0.4, 0.5) is 0 Å². The molecule has 0 radical (unpaired) electrons. The van der Waals surface area contributed by atoms with Gasteiger partial charge < -0.3 is 11.0 Å². The first kappa shape index (κ1) is 9.63. The molecule has 4 N–H and O–H groups in total. The van der Waals surface area contributed by atoms with Gasteiger partial charge in [-0.15, -0.1) is 0 Å². The summed E-state index contributed by atoms with van der Waals surface area (Å²) in [6.07, 6.45) is 0. The molecule has 0 saturated carbocycles. The first-order valence-corrected chi connectivity index (χ1v) is 1.61. The molecule has 0 amide bonds. The van der Waals surface area contributed by atoms with E-state index in [9.17, 15) is 4.79 Å². The van der Waals surface area contributed by atoms with Crippen molar-refractivity contribution in [2.24, 2.45) is 0 Å². The van der Waals surface area contributed by atoms with Gasteiger partial charge in [0.05, 0.1) is 0 Å². The van der Waals surface area contributed by atoms with Crippen LogP contribution in [0.2, 0.25) is 0 Å². The number of rotatable bonds is 1. The summed E-state index contributed by atoms with van der Waals surface area (Å²) in [5.41, 5.74) is 2.22. The Balaban J connectivity index is 0. The zero-order valence-corrected chi connectivity index (χ0v) is 4.52. The highest BCUT2D eigenvalue weighted by Crippen LogP contribution is 1.60. The van der Waals surface area contributed by atoms with E-state index in [1.807, 2.05) is 0 Å². The van der Waals surface area contributed by atoms with E-state index in [1.165, 1.54) is 14.0 Å². The van der Waals surface area contributed by atoms with Crippen molar-refractivity contribution in [3.63, 3.8) is 0 Å². The largest absolute Gasteiger partial charge is 0.371 e. The Kier molecular flexibility index (Phi) is 7.42. The van der Waals surface area contributed by atoms with Gasteiger partial charge in [0, 0.05) is 14.0 Å². The standard InChI is InChI=1S/C3H7NO2.H3N/c1-3(5)6-4-2;/h4H,1-2H3;1H3. The number of nitrogens with one attached hydrogen (secondary N) is 1. The van der Waals surface area contributed by atoms with Crippen LogP contribution < -0.4 is 11.6 Å². The van der Waals surface area contributed by atoms with Crippen LogP contribution in [-0.4, -0.2) is 13.0 Å². The molecular formula is C3H10N2O2. The van der Waals surface area contributed by atoms with Crippen molar-refractivity contribution in [3.05, 3.63) is 0 Å². The molecule has 0 aromatic heterocycles. The van der Waals surface area contributed by atoms with Gasteiger partial charge in [0.25, 0.3) is 0 Å². The van der Waals surface area contributed by atoms with Gasteiger partial charge >= 0.3 is 5.97 Å². The predicted octanol–water partition coefficient (Wildman–Crippen LogP) is -0.154. The third kappa shape index (κ3) is 10.8. The second kappa shape index (κ2) is 5.39. The molecule has 4 heteroatoms. The molecule has 0 aliphatic carbocycles. The third-order valence-corrected chi connectivity index (χ3v) is 0.246. The van der Waals surface area contributed by atoms with Crippen molar-refractivity contribution < 1.29 is 9.63 Å². The lowest BCUT2D eigenvalue weighted by Crippen LogP contribution is -2.10. The van der Waals surface area contributed by atoms with Crippen LogP contribution in [0.1, 0.15) is 6.92 Å². The maximum Gasteiger partial charge on any atom is 0.321 e. The molecule has 0 saturated heterocycles. The lowest BCUT2D eigenvalue weighted by Gasteiger charge is -1.90. The zero-order chi connectivity index (χ0) is 4.99. The minimum Gasteiger partial charge on any atom is -0.371 e. The van der Waals surface area contributed by atoms with Crippen LogP contribution in [0, 0.1) is 0 Å². The molecule has 0 bridgehead atoms. The molecule has 0 aromatic rings. The van der Waals surface area contributed by atoms with Gasteiger partial charge in [-0.25, -0.2) is 0 Å². The highest BCUT2D eigenvalue weighted by atomic mass is 16.7. The van der Waals surface area contributed by atoms with E-state index in [0.717, 1.165) is 0 Å². The van der Waals surface area contributed by atoms with Crippen LogP contribution >= 0.6 is 0 Å². The van der Waals surface area contributed by atoms with Gasteiger partial charge in [0.15, 0.2) is 0 Å². The number of hydroxylamine groups is 1. The van der Waals surface area contributed by atoms with E-state index < -0.39 is 0 Å². The number of hydrogen-bond acceptors (Lipinski definition) is 4. The Labute approximate surface area is 42.4 Å². The summed E-state index contributed by atoms with van der Waals surface area (Å²) in [6, 6.07) is 0. The molecule has 0 aromatic carbocycles. The molecule has 0 heterocycles. The quantitative estimate of drug-likeness (QED) is 0.456. The number of carbonyl (C=O) groups is 1. The summed E-state index contributed by atoms with van der Waals surface area (Å²) in [7, 11) is 1.53. The van der Waals surface area contributed by atoms with Gasteiger partial charge in [0.2, 0.25) is 0 Å². The molecule has 4 nitrogen and oxygen atoms in total. The van der Waals surface area contributed by atoms with Crippen LogP contribution in [0.3, 0.4) is 0 Å². The molecule has 0 spiro atoms. The Morgan fingerprint density at radius 2 is 2.14 bits per heavy atom. The summed E-state index contributed by atoms with van der Waals surface area (Å²) in [5.74, 6) is -0.322. The number of hydrogen-bond donors (Lipinski definition) is 2. The van der Waals surface area contributed by atoms with Crippen molar-refractivity contribution in [3.8, 4) is 0 Å². The topological polar surface area (TPSA) is 73.3 Å². The lowest BCUT2D eigenvalue weighted by molar-refractivity contribution is -0.147. The Bertz CT molecular complexity index is 54.9. The van der Waals surface area contributed by atoms with Gasteiger partial charge in [0.1, 0.15) is 0 Å². The fourth-order valence-corrected chi connectivity index (χ4v) is 0.144. The molecule has 0 atom stereocenters. The van der Waals surface area contributed by atoms with Gasteiger partial charge in [-0.2, -0.15) is 5.48 Å². The monoisotopic (exact) mass is 106 g/mol. The van der Waals surface area contributed by atoms with E-state index in [0.29, 0.717) is 0 Å². The van der Waals surface area contributed by atoms with Crippen molar-refractivity contribution in [2.45, 2.75) is 6.92 Å². The summed E-state index contributed by atoms with van der Waals surface area (Å²) in [4.78, 5) is 13.9. The van der Waals surface area contributed by atoms with Crippen molar-refractivity contribution in [2.75, 3.05) is 7.05 Å². The van der Waals surface area contributed by atoms with Crippen molar-refractivity contribution in [1.82, 2.24) is 11.6 Å². The predicted molar refractivity (Wildman–Crippen MR) is 25.8 cm³/mol. The van der Waals surface area contributed by atoms with Crippen LogP contribution in [0.15, 0.2) is 0 Å². The highest BCUT2D eigenvalue weighted by molar-refractivity contribution is 5.65. The summed E-state index contributed by atoms with van der Waals surface area (Å²) in [6.45, 7) is 1.33. The summed E-state index contributed by atoms with van der Waals surface area (Å²) < 4.78 is 0. The van der Waals surface area contributed by atoms with Crippen molar-refractivity contribution in [1.29, 1.82) is 0 Å². The molecule has 7 heavy (non-hydrogen) atoms. The molecule has 0 fully saturated rings. The average Bonchev–Trinajstić information content (AvgIpc) is 1.35. The summed E-state index contributed by atoms with van der Waals surface area (Å²) >= 11 is 0. The second-order valence-corrected chi connectivity index (χ2v) is 0.798. The van der Waals surface area contributed by atoms with Gasteiger partial charge in [-0.3, -0.25) is 4.79 Å². The summed E-state index contributed by atoms with van der Waals surface area (Å²) in [5, 5.41) is 0. The Hall–Kier alpha value is -0.610. The molecular weight excluding hydrogens is 96.0 g/mol. The van der Waals surface area contributed by atoms with Gasteiger partial charge in [-0.1, -0.05) is 0 Å². The number of carbonyl (C=O) groups excluding carboxylic acids is 1. The van der Waals surface area contributed by atoms with Crippen LogP contribution in [0.25, 0.3) is 0 Å². The van der Waals surface area contributed by atoms with E-state index >= 15 is 0 Å². The minimum absolute atomic E-state index is 0. The Morgan fingerprint density at radius 1 is 1.71 bits per heavy atom. The van der Waals surface area contributed by atoms with E-state index in [2.05, 4.69) is 10.3 Å².